The van der Waals surface area contributed by atoms with Gasteiger partial charge in [0.05, 0.1) is 0 Å². The Labute approximate surface area is 123 Å². The maximum Gasteiger partial charge on any atom is 0.0341 e. The smallest absolute Gasteiger partial charge is 0.0341 e. The fourth-order valence-corrected chi connectivity index (χ4v) is 5.18. The first-order valence-electron chi connectivity index (χ1n) is 6.30. The van der Waals surface area contributed by atoms with Gasteiger partial charge in [-0.05, 0) is 62.3 Å². The van der Waals surface area contributed by atoms with E-state index < -0.39 is 0 Å². The molecule has 1 aromatic rings. The molecule has 1 nitrogen and oxygen atoms in total. The van der Waals surface area contributed by atoms with Crippen molar-refractivity contribution in [2.45, 2.75) is 40.0 Å². The molecule has 0 aliphatic carbocycles. The highest BCUT2D eigenvalue weighted by Crippen LogP contribution is 2.37. The maximum absolute atomic E-state index is 3.59. The summed E-state index contributed by atoms with van der Waals surface area (Å²) in [5.74, 6) is 0. The number of hydrogen-bond donors (Lipinski definition) is 1. The van der Waals surface area contributed by atoms with Crippen molar-refractivity contribution in [3.8, 4) is 0 Å². The van der Waals surface area contributed by atoms with Gasteiger partial charge in [-0.15, -0.1) is 35.3 Å². The minimum atomic E-state index is 0.689. The first-order valence-corrected chi connectivity index (χ1v) is 9.98. The number of thioether (sulfide) groups is 3. The van der Waals surface area contributed by atoms with Gasteiger partial charge in [0.1, 0.15) is 0 Å². The topological polar surface area (TPSA) is 12.0 Å². The Morgan fingerprint density at radius 3 is 2.22 bits per heavy atom. The molecular formula is C14H21NS3. The number of nitrogens with one attached hydrogen (secondary N) is 1. The molecule has 1 fully saturated rings. The van der Waals surface area contributed by atoms with Gasteiger partial charge in [0, 0.05) is 20.7 Å². The molecule has 1 saturated heterocycles. The fraction of sp³-hybridized carbons (Fsp3) is 0.571. The van der Waals surface area contributed by atoms with Crippen molar-refractivity contribution in [3.63, 3.8) is 0 Å². The monoisotopic (exact) mass is 299 g/mol. The van der Waals surface area contributed by atoms with Gasteiger partial charge < -0.3 is 5.32 Å². The molecule has 4 heteroatoms. The molecule has 1 aromatic carbocycles. The summed E-state index contributed by atoms with van der Waals surface area (Å²) in [4.78, 5) is 4.31. The summed E-state index contributed by atoms with van der Waals surface area (Å²) >= 11 is 5.60. The first-order chi connectivity index (χ1) is 8.78. The molecule has 18 heavy (non-hydrogen) atoms. The zero-order valence-corrected chi connectivity index (χ0v) is 13.7. The lowest BCUT2D eigenvalue weighted by Crippen LogP contribution is -2.23. The largest absolute Gasteiger partial charge is 0.314 e. The molecule has 2 rings (SSSR count). The summed E-state index contributed by atoms with van der Waals surface area (Å²) in [6.45, 7) is 1.19. The summed E-state index contributed by atoms with van der Waals surface area (Å²) in [6.07, 6.45) is 10.4. The van der Waals surface area contributed by atoms with Crippen LogP contribution < -0.4 is 5.32 Å². The van der Waals surface area contributed by atoms with Crippen LogP contribution in [0.25, 0.3) is 0 Å². The normalized spacial score (nSPS) is 19.4. The van der Waals surface area contributed by atoms with Gasteiger partial charge in [-0.1, -0.05) is 0 Å². The number of hydrogen-bond acceptors (Lipinski definition) is 4. The van der Waals surface area contributed by atoms with Crippen molar-refractivity contribution in [1.29, 1.82) is 0 Å². The predicted molar refractivity (Wildman–Crippen MR) is 86.5 cm³/mol. The summed E-state index contributed by atoms with van der Waals surface area (Å²) < 4.78 is 0. The fourth-order valence-electron chi connectivity index (χ4n) is 2.47. The van der Waals surface area contributed by atoms with Crippen LogP contribution >= 0.6 is 35.3 Å². The average Bonchev–Trinajstić information content (AvgIpc) is 2.90. The molecule has 1 aliphatic rings. The highest BCUT2D eigenvalue weighted by atomic mass is 32.2. The molecule has 100 valence electrons. The van der Waals surface area contributed by atoms with E-state index in [1.54, 1.807) is 0 Å². The van der Waals surface area contributed by atoms with Crippen LogP contribution in [0.3, 0.4) is 0 Å². The van der Waals surface area contributed by atoms with Gasteiger partial charge in [-0.2, -0.15) is 0 Å². The second-order valence-corrected chi connectivity index (χ2v) is 7.04. The summed E-state index contributed by atoms with van der Waals surface area (Å²) in [7, 11) is 0. The number of benzene rings is 1. The van der Waals surface area contributed by atoms with Gasteiger partial charge in [0.25, 0.3) is 0 Å². The predicted octanol–water partition coefficient (Wildman–Crippen LogP) is 4.15. The van der Waals surface area contributed by atoms with Crippen molar-refractivity contribution < 1.29 is 0 Å². The van der Waals surface area contributed by atoms with Crippen LogP contribution in [-0.4, -0.2) is 31.4 Å². The van der Waals surface area contributed by atoms with E-state index in [0.717, 1.165) is 0 Å². The Bertz CT molecular complexity index is 375. The zero-order chi connectivity index (χ0) is 13.0. The lowest BCUT2D eigenvalue weighted by atomic mass is 10.0. The van der Waals surface area contributed by atoms with Gasteiger partial charge in [0.2, 0.25) is 0 Å². The Balaban J connectivity index is 2.24. The first kappa shape index (κ1) is 14.6. The molecule has 0 amide bonds. The Morgan fingerprint density at radius 1 is 1.11 bits per heavy atom. The molecule has 0 saturated carbocycles. The van der Waals surface area contributed by atoms with Gasteiger partial charge in [0.15, 0.2) is 0 Å². The summed E-state index contributed by atoms with van der Waals surface area (Å²) in [5.41, 5.74) is 1.49. The average molecular weight is 300 g/mol. The van der Waals surface area contributed by atoms with Crippen LogP contribution in [0, 0.1) is 0 Å². The number of rotatable bonds is 5. The van der Waals surface area contributed by atoms with Gasteiger partial charge >= 0.3 is 0 Å². The third kappa shape index (κ3) is 3.41. The molecule has 0 spiro atoms. The lowest BCUT2D eigenvalue weighted by Gasteiger charge is -2.15. The second-order valence-electron chi connectivity index (χ2n) is 4.53. The second kappa shape index (κ2) is 7.13. The molecule has 1 aliphatic heterocycles. The van der Waals surface area contributed by atoms with E-state index in [0.29, 0.717) is 6.04 Å². The maximum atomic E-state index is 3.59. The van der Waals surface area contributed by atoms with Crippen LogP contribution in [0.4, 0.5) is 0 Å². The highest BCUT2D eigenvalue weighted by Gasteiger charge is 2.16. The third-order valence-electron chi connectivity index (χ3n) is 3.37. The van der Waals surface area contributed by atoms with Gasteiger partial charge in [-0.25, -0.2) is 0 Å². The van der Waals surface area contributed by atoms with E-state index in [-0.39, 0.29) is 0 Å². The van der Waals surface area contributed by atoms with Crippen LogP contribution in [0.5, 0.6) is 0 Å². The van der Waals surface area contributed by atoms with Crippen LogP contribution in [0.15, 0.2) is 26.8 Å². The van der Waals surface area contributed by atoms with Crippen LogP contribution in [-0.2, 0) is 6.42 Å². The van der Waals surface area contributed by atoms with E-state index in [1.165, 1.54) is 46.1 Å². The minimum absolute atomic E-state index is 0.689. The zero-order valence-electron chi connectivity index (χ0n) is 11.3. The molecule has 1 N–H and O–H groups in total. The van der Waals surface area contributed by atoms with Crippen molar-refractivity contribution in [3.05, 3.63) is 17.7 Å². The van der Waals surface area contributed by atoms with E-state index in [9.17, 15) is 0 Å². The quantitative estimate of drug-likeness (QED) is 0.819. The highest BCUT2D eigenvalue weighted by molar-refractivity contribution is 8.03. The van der Waals surface area contributed by atoms with E-state index in [1.807, 2.05) is 35.3 Å². The van der Waals surface area contributed by atoms with Crippen molar-refractivity contribution in [2.24, 2.45) is 0 Å². The lowest BCUT2D eigenvalue weighted by molar-refractivity contribution is 0.601. The minimum Gasteiger partial charge on any atom is -0.314 e. The molecule has 1 atom stereocenters. The molecule has 1 heterocycles. The molecule has 0 bridgehead atoms. The van der Waals surface area contributed by atoms with Gasteiger partial charge in [-0.3, -0.25) is 0 Å². The molecule has 0 aromatic heterocycles. The van der Waals surface area contributed by atoms with Crippen LogP contribution in [0.1, 0.15) is 18.4 Å². The Morgan fingerprint density at radius 2 is 1.78 bits per heavy atom. The summed E-state index contributed by atoms with van der Waals surface area (Å²) in [6, 6.07) is 5.46. The Hall–Kier alpha value is 0.230. The standard InChI is InChI=1S/C14H21NS3/c1-16-12-8-10(7-11-5-4-6-15-11)9-13(17-2)14(12)18-3/h8-9,11,15H,4-7H2,1-3H3. The summed E-state index contributed by atoms with van der Waals surface area (Å²) in [5, 5.41) is 3.59. The SMILES string of the molecule is CSc1cc(CC2CCCN2)cc(SC)c1SC. The molecule has 1 unspecified atom stereocenters. The third-order valence-corrected chi connectivity index (χ3v) is 6.00. The Kier molecular flexibility index (Phi) is 5.80. The molecular weight excluding hydrogens is 278 g/mol. The van der Waals surface area contributed by atoms with Crippen molar-refractivity contribution >= 4 is 35.3 Å². The van der Waals surface area contributed by atoms with E-state index >= 15 is 0 Å². The van der Waals surface area contributed by atoms with E-state index in [2.05, 4.69) is 36.2 Å². The van der Waals surface area contributed by atoms with Crippen molar-refractivity contribution in [2.75, 3.05) is 25.3 Å². The molecule has 0 radical (unpaired) electrons. The van der Waals surface area contributed by atoms with E-state index in [4.69, 9.17) is 0 Å². The van der Waals surface area contributed by atoms with Crippen molar-refractivity contribution in [1.82, 2.24) is 5.32 Å². The van der Waals surface area contributed by atoms with Crippen LogP contribution in [0.2, 0.25) is 0 Å².